The molecule has 0 atom stereocenters. The zero-order chi connectivity index (χ0) is 14.8. The van der Waals surface area contributed by atoms with Crippen molar-refractivity contribution < 1.29 is 9.53 Å². The Hall–Kier alpha value is -1.70. The average Bonchev–Trinajstić information content (AvgIpc) is 2.90. The summed E-state index contributed by atoms with van der Waals surface area (Å²) >= 11 is 3.36. The van der Waals surface area contributed by atoms with Gasteiger partial charge in [0.1, 0.15) is 0 Å². The minimum absolute atomic E-state index is 0.00880. The van der Waals surface area contributed by atoms with Crippen molar-refractivity contribution in [2.24, 2.45) is 5.92 Å². The van der Waals surface area contributed by atoms with Crippen molar-refractivity contribution in [2.75, 3.05) is 24.6 Å². The molecular formula is C13H16BrN5O2. The molecule has 0 aromatic carbocycles. The zero-order valence-electron chi connectivity index (χ0n) is 11.7. The molecule has 0 unspecified atom stereocenters. The van der Waals surface area contributed by atoms with Crippen LogP contribution in [0.15, 0.2) is 16.9 Å². The lowest BCUT2D eigenvalue weighted by Gasteiger charge is -2.29. The number of anilines is 1. The average molecular weight is 354 g/mol. The summed E-state index contributed by atoms with van der Waals surface area (Å²) in [4.78, 5) is 22.4. The van der Waals surface area contributed by atoms with E-state index in [1.807, 2.05) is 13.1 Å². The monoisotopic (exact) mass is 353 g/mol. The molecule has 7 nitrogen and oxygen atoms in total. The summed E-state index contributed by atoms with van der Waals surface area (Å²) in [6.45, 7) is 3.77. The smallest absolute Gasteiger partial charge is 0.309 e. The fourth-order valence-corrected chi connectivity index (χ4v) is 2.75. The number of hydrogen-bond donors (Lipinski definition) is 0. The van der Waals surface area contributed by atoms with Crippen LogP contribution >= 0.6 is 15.9 Å². The summed E-state index contributed by atoms with van der Waals surface area (Å²) in [5.41, 5.74) is 0. The topological polar surface area (TPSA) is 72.6 Å². The molecule has 8 heteroatoms. The van der Waals surface area contributed by atoms with Crippen molar-refractivity contribution in [2.45, 2.75) is 19.8 Å². The van der Waals surface area contributed by atoms with Gasteiger partial charge in [-0.05, 0) is 35.7 Å². The van der Waals surface area contributed by atoms with Crippen LogP contribution in [0.25, 0.3) is 5.78 Å². The summed E-state index contributed by atoms with van der Waals surface area (Å²) < 4.78 is 7.58. The van der Waals surface area contributed by atoms with Gasteiger partial charge in [0.25, 0.3) is 5.78 Å². The van der Waals surface area contributed by atoms with Crippen LogP contribution in [0.2, 0.25) is 0 Å². The maximum absolute atomic E-state index is 11.7. The Morgan fingerprint density at radius 2 is 2.24 bits per heavy atom. The fraction of sp³-hybridized carbons (Fsp3) is 0.538. The summed E-state index contributed by atoms with van der Waals surface area (Å²) in [5.74, 6) is 1.12. The summed E-state index contributed by atoms with van der Waals surface area (Å²) in [6.07, 6.45) is 5.06. The summed E-state index contributed by atoms with van der Waals surface area (Å²) in [6, 6.07) is 0. The van der Waals surface area contributed by atoms with Crippen molar-refractivity contribution in [3.05, 3.63) is 16.9 Å². The lowest BCUT2D eigenvalue weighted by molar-refractivity contribution is -0.148. The Bertz CT molecular complexity index is 651. The van der Waals surface area contributed by atoms with Gasteiger partial charge in [-0.1, -0.05) is 0 Å². The Morgan fingerprint density at radius 3 is 2.95 bits per heavy atom. The molecule has 3 heterocycles. The van der Waals surface area contributed by atoms with Gasteiger partial charge < -0.3 is 9.64 Å². The van der Waals surface area contributed by atoms with Crippen molar-refractivity contribution in [3.63, 3.8) is 0 Å². The van der Waals surface area contributed by atoms with E-state index >= 15 is 0 Å². The Balaban J connectivity index is 1.69. The molecule has 0 N–H and O–H groups in total. The third-order valence-corrected chi connectivity index (χ3v) is 3.96. The van der Waals surface area contributed by atoms with Crippen molar-refractivity contribution in [1.29, 1.82) is 0 Å². The Labute approximate surface area is 130 Å². The first-order valence-corrected chi connectivity index (χ1v) is 7.76. The van der Waals surface area contributed by atoms with Crippen molar-refractivity contribution in [3.8, 4) is 0 Å². The molecule has 0 spiro atoms. The van der Waals surface area contributed by atoms with Crippen LogP contribution in [0.3, 0.4) is 0 Å². The molecule has 0 bridgehead atoms. The van der Waals surface area contributed by atoms with Crippen LogP contribution in [0.4, 0.5) is 5.95 Å². The van der Waals surface area contributed by atoms with Crippen molar-refractivity contribution in [1.82, 2.24) is 19.6 Å². The lowest BCUT2D eigenvalue weighted by Crippen LogP contribution is -2.37. The molecule has 1 aliphatic heterocycles. The molecule has 0 aliphatic carbocycles. The summed E-state index contributed by atoms with van der Waals surface area (Å²) in [7, 11) is 0. The molecule has 0 saturated carbocycles. The number of piperidine rings is 1. The Morgan fingerprint density at radius 1 is 1.48 bits per heavy atom. The highest BCUT2D eigenvalue weighted by Crippen LogP contribution is 2.22. The minimum atomic E-state index is -0.0919. The maximum atomic E-state index is 11.7. The molecule has 21 heavy (non-hydrogen) atoms. The van der Waals surface area contributed by atoms with Gasteiger partial charge in [0.15, 0.2) is 0 Å². The zero-order valence-corrected chi connectivity index (χ0v) is 13.3. The quantitative estimate of drug-likeness (QED) is 0.781. The second-order valence-corrected chi connectivity index (χ2v) is 5.86. The van der Waals surface area contributed by atoms with E-state index in [0.717, 1.165) is 30.4 Å². The van der Waals surface area contributed by atoms with E-state index < -0.39 is 0 Å². The lowest BCUT2D eigenvalue weighted by atomic mass is 9.97. The number of carbonyl (C=O) groups excluding carboxylic acids is 1. The van der Waals surface area contributed by atoms with E-state index in [4.69, 9.17) is 4.74 Å². The molecular weight excluding hydrogens is 338 g/mol. The van der Waals surface area contributed by atoms with Crippen LogP contribution in [0.5, 0.6) is 0 Å². The first-order chi connectivity index (χ1) is 10.2. The SMILES string of the molecule is CCOC(=O)C1CCN(c2nc3ncc(Br)cn3n2)CC1. The number of esters is 1. The van der Waals surface area contributed by atoms with E-state index in [0.29, 0.717) is 18.3 Å². The second-order valence-electron chi connectivity index (χ2n) is 4.94. The standard InChI is InChI=1S/C13H16BrN5O2/c1-2-21-11(20)9-3-5-18(6-4-9)13-16-12-15-7-10(14)8-19(12)17-13/h7-9H,2-6H2,1H3. The highest BCUT2D eigenvalue weighted by Gasteiger charge is 2.27. The molecule has 1 aliphatic rings. The van der Waals surface area contributed by atoms with Gasteiger partial charge in [-0.2, -0.15) is 4.98 Å². The van der Waals surface area contributed by atoms with E-state index in [-0.39, 0.29) is 11.9 Å². The number of ether oxygens (including phenoxy) is 1. The largest absolute Gasteiger partial charge is 0.466 e. The predicted molar refractivity (Wildman–Crippen MR) is 80.1 cm³/mol. The van der Waals surface area contributed by atoms with Gasteiger partial charge in [0, 0.05) is 25.5 Å². The molecule has 1 saturated heterocycles. The number of fused-ring (bicyclic) bond motifs is 1. The second kappa shape index (κ2) is 5.97. The molecule has 112 valence electrons. The molecule has 1 fully saturated rings. The number of rotatable bonds is 3. The third-order valence-electron chi connectivity index (χ3n) is 3.55. The predicted octanol–water partition coefficient (Wildman–Crippen LogP) is 1.67. The van der Waals surface area contributed by atoms with Crippen molar-refractivity contribution >= 4 is 33.6 Å². The number of aromatic nitrogens is 4. The molecule has 0 radical (unpaired) electrons. The van der Waals surface area contributed by atoms with Gasteiger partial charge in [-0.3, -0.25) is 4.79 Å². The highest BCUT2D eigenvalue weighted by atomic mass is 79.9. The first-order valence-electron chi connectivity index (χ1n) is 6.97. The maximum Gasteiger partial charge on any atom is 0.309 e. The van der Waals surface area contributed by atoms with Crippen LogP contribution in [0, 0.1) is 5.92 Å². The van der Waals surface area contributed by atoms with E-state index in [9.17, 15) is 4.79 Å². The van der Waals surface area contributed by atoms with E-state index in [1.54, 1.807) is 10.7 Å². The fourth-order valence-electron chi connectivity index (χ4n) is 2.46. The number of hydrogen-bond acceptors (Lipinski definition) is 6. The molecule has 0 amide bonds. The molecule has 2 aromatic rings. The van der Waals surface area contributed by atoms with E-state index in [1.165, 1.54) is 0 Å². The molecule has 2 aromatic heterocycles. The minimum Gasteiger partial charge on any atom is -0.466 e. The summed E-state index contributed by atoms with van der Waals surface area (Å²) in [5, 5.41) is 4.43. The van der Waals surface area contributed by atoms with Crippen LogP contribution in [-0.2, 0) is 9.53 Å². The van der Waals surface area contributed by atoms with Gasteiger partial charge in [-0.25, -0.2) is 9.50 Å². The van der Waals surface area contributed by atoms with Gasteiger partial charge in [0.2, 0.25) is 5.95 Å². The van der Waals surface area contributed by atoms with Gasteiger partial charge in [-0.15, -0.1) is 5.10 Å². The van der Waals surface area contributed by atoms with Crippen LogP contribution in [0.1, 0.15) is 19.8 Å². The van der Waals surface area contributed by atoms with Crippen LogP contribution < -0.4 is 4.90 Å². The number of halogens is 1. The van der Waals surface area contributed by atoms with Crippen LogP contribution in [-0.4, -0.2) is 45.2 Å². The number of carbonyl (C=O) groups is 1. The third kappa shape index (κ3) is 2.99. The van der Waals surface area contributed by atoms with Gasteiger partial charge >= 0.3 is 5.97 Å². The first kappa shape index (κ1) is 14.2. The molecule has 3 rings (SSSR count). The highest BCUT2D eigenvalue weighted by molar-refractivity contribution is 9.10. The van der Waals surface area contributed by atoms with Gasteiger partial charge in [0.05, 0.1) is 17.0 Å². The normalized spacial score (nSPS) is 16.4. The van der Waals surface area contributed by atoms with E-state index in [2.05, 4.69) is 35.9 Å². The Kier molecular flexibility index (Phi) is 4.05. The number of nitrogens with zero attached hydrogens (tertiary/aromatic N) is 5.